The second-order valence-electron chi connectivity index (χ2n) is 4.07. The summed E-state index contributed by atoms with van der Waals surface area (Å²) in [5.41, 5.74) is 5.66. The average molecular weight is 238 g/mol. The van der Waals surface area contributed by atoms with Crippen LogP contribution >= 0.6 is 0 Å². The zero-order valence-corrected chi connectivity index (χ0v) is 9.20. The van der Waals surface area contributed by atoms with Crippen molar-refractivity contribution in [3.63, 3.8) is 0 Å². The van der Waals surface area contributed by atoms with Crippen molar-refractivity contribution in [1.29, 1.82) is 0 Å². The van der Waals surface area contributed by atoms with Gasteiger partial charge in [0.25, 0.3) is 0 Å². The molecule has 17 heavy (non-hydrogen) atoms. The lowest BCUT2D eigenvalue weighted by Crippen LogP contribution is -2.69. The fraction of sp³-hybridized carbons (Fsp3) is 0.455. The van der Waals surface area contributed by atoms with Crippen molar-refractivity contribution in [1.82, 2.24) is 4.90 Å². The normalized spacial score (nSPS) is 23.6. The summed E-state index contributed by atoms with van der Waals surface area (Å²) < 4.78 is 5.17. The van der Waals surface area contributed by atoms with Gasteiger partial charge in [0, 0.05) is 6.42 Å². The van der Waals surface area contributed by atoms with E-state index < -0.39 is 12.0 Å². The molecule has 2 heterocycles. The molecule has 3 N–H and O–H groups in total. The monoisotopic (exact) mass is 238 g/mol. The SMILES string of the molecule is N[C@@H]1C(=O)N(CC(=O)O)[C@@H]1CCc1ccco1. The molecule has 0 unspecified atom stereocenters. The number of amides is 1. The summed E-state index contributed by atoms with van der Waals surface area (Å²) in [4.78, 5) is 23.3. The second kappa shape index (κ2) is 4.58. The first-order valence-electron chi connectivity index (χ1n) is 5.40. The Hall–Kier alpha value is -1.82. The summed E-state index contributed by atoms with van der Waals surface area (Å²) in [6, 6.07) is 2.84. The minimum Gasteiger partial charge on any atom is -0.480 e. The molecule has 1 aliphatic rings. The van der Waals surface area contributed by atoms with Gasteiger partial charge in [-0.05, 0) is 18.6 Å². The Morgan fingerprint density at radius 1 is 1.59 bits per heavy atom. The summed E-state index contributed by atoms with van der Waals surface area (Å²) >= 11 is 0. The van der Waals surface area contributed by atoms with Gasteiger partial charge in [-0.25, -0.2) is 0 Å². The molecule has 6 heteroatoms. The molecule has 2 rings (SSSR count). The topological polar surface area (TPSA) is 96.8 Å². The summed E-state index contributed by atoms with van der Waals surface area (Å²) in [6.07, 6.45) is 2.85. The Bertz CT molecular complexity index is 415. The highest BCUT2D eigenvalue weighted by molar-refractivity contribution is 5.91. The smallest absolute Gasteiger partial charge is 0.323 e. The number of aryl methyl sites for hydroxylation is 1. The number of rotatable bonds is 5. The van der Waals surface area contributed by atoms with Crippen molar-refractivity contribution in [3.8, 4) is 0 Å². The van der Waals surface area contributed by atoms with Crippen molar-refractivity contribution in [2.45, 2.75) is 24.9 Å². The first-order valence-corrected chi connectivity index (χ1v) is 5.40. The molecule has 1 fully saturated rings. The molecule has 1 aliphatic heterocycles. The van der Waals surface area contributed by atoms with Gasteiger partial charge in [-0.1, -0.05) is 0 Å². The number of furan rings is 1. The highest BCUT2D eigenvalue weighted by Gasteiger charge is 2.45. The van der Waals surface area contributed by atoms with Gasteiger partial charge in [0.05, 0.1) is 12.3 Å². The Balaban J connectivity index is 1.90. The molecule has 0 saturated carbocycles. The first-order chi connectivity index (χ1) is 8.09. The largest absolute Gasteiger partial charge is 0.480 e. The lowest BCUT2D eigenvalue weighted by atomic mass is 9.91. The number of nitrogens with two attached hydrogens (primary N) is 1. The van der Waals surface area contributed by atoms with E-state index in [0.29, 0.717) is 12.8 Å². The molecular formula is C11H14N2O4. The number of hydrogen-bond acceptors (Lipinski definition) is 4. The maximum absolute atomic E-state index is 11.4. The molecule has 1 aromatic rings. The van der Waals surface area contributed by atoms with Crippen LogP contribution in [0.15, 0.2) is 22.8 Å². The molecule has 1 amide bonds. The van der Waals surface area contributed by atoms with E-state index in [-0.39, 0.29) is 18.5 Å². The Morgan fingerprint density at radius 2 is 2.35 bits per heavy atom. The number of carbonyl (C=O) groups is 2. The van der Waals surface area contributed by atoms with Crippen LogP contribution in [0.1, 0.15) is 12.2 Å². The molecule has 1 aromatic heterocycles. The van der Waals surface area contributed by atoms with Crippen LogP contribution in [0.5, 0.6) is 0 Å². The second-order valence-corrected chi connectivity index (χ2v) is 4.07. The van der Waals surface area contributed by atoms with E-state index in [1.165, 1.54) is 4.90 Å². The van der Waals surface area contributed by atoms with E-state index in [2.05, 4.69) is 0 Å². The van der Waals surface area contributed by atoms with Crippen molar-refractivity contribution in [2.75, 3.05) is 6.54 Å². The van der Waals surface area contributed by atoms with Crippen LogP contribution in [0, 0.1) is 0 Å². The predicted octanol–water partition coefficient (Wildman–Crippen LogP) is -0.165. The van der Waals surface area contributed by atoms with Crippen LogP contribution < -0.4 is 5.73 Å². The van der Waals surface area contributed by atoms with E-state index in [1.807, 2.05) is 6.07 Å². The number of aliphatic carboxylic acids is 1. The maximum atomic E-state index is 11.4. The fourth-order valence-corrected chi connectivity index (χ4v) is 2.05. The molecule has 92 valence electrons. The van der Waals surface area contributed by atoms with Gasteiger partial charge in [-0.2, -0.15) is 0 Å². The van der Waals surface area contributed by atoms with Crippen molar-refractivity contribution in [3.05, 3.63) is 24.2 Å². The molecule has 1 saturated heterocycles. The number of likely N-dealkylation sites (tertiary alicyclic amines) is 1. The minimum atomic E-state index is -1.02. The van der Waals surface area contributed by atoms with E-state index in [0.717, 1.165) is 5.76 Å². The van der Waals surface area contributed by atoms with Gasteiger partial charge < -0.3 is 20.2 Å². The quantitative estimate of drug-likeness (QED) is 0.694. The van der Waals surface area contributed by atoms with Crippen LogP contribution in [-0.4, -0.2) is 40.5 Å². The van der Waals surface area contributed by atoms with E-state index >= 15 is 0 Å². The molecule has 0 aromatic carbocycles. The third kappa shape index (κ3) is 2.31. The van der Waals surface area contributed by atoms with Crippen LogP contribution in [0.4, 0.5) is 0 Å². The molecule has 6 nitrogen and oxygen atoms in total. The number of carboxylic acids is 1. The fourth-order valence-electron chi connectivity index (χ4n) is 2.05. The van der Waals surface area contributed by atoms with Crippen LogP contribution in [-0.2, 0) is 16.0 Å². The van der Waals surface area contributed by atoms with Gasteiger partial charge >= 0.3 is 5.97 Å². The van der Waals surface area contributed by atoms with Crippen LogP contribution in [0.25, 0.3) is 0 Å². The molecule has 0 aliphatic carbocycles. The lowest BCUT2D eigenvalue weighted by Gasteiger charge is -2.44. The van der Waals surface area contributed by atoms with Gasteiger partial charge in [0.2, 0.25) is 5.91 Å². The van der Waals surface area contributed by atoms with Crippen LogP contribution in [0.2, 0.25) is 0 Å². The highest BCUT2D eigenvalue weighted by Crippen LogP contribution is 2.22. The highest BCUT2D eigenvalue weighted by atomic mass is 16.4. The summed E-state index contributed by atoms with van der Waals surface area (Å²) in [5, 5.41) is 8.67. The van der Waals surface area contributed by atoms with Gasteiger partial charge in [0.15, 0.2) is 0 Å². The van der Waals surface area contributed by atoms with E-state index in [4.69, 9.17) is 15.3 Å². The van der Waals surface area contributed by atoms with Gasteiger partial charge in [-0.15, -0.1) is 0 Å². The molecule has 2 atom stereocenters. The Labute approximate surface area is 98.0 Å². The van der Waals surface area contributed by atoms with E-state index in [9.17, 15) is 9.59 Å². The lowest BCUT2D eigenvalue weighted by molar-refractivity contribution is -0.157. The summed E-state index contributed by atoms with van der Waals surface area (Å²) in [7, 11) is 0. The first kappa shape index (κ1) is 11.7. The van der Waals surface area contributed by atoms with Gasteiger partial charge in [-0.3, -0.25) is 9.59 Å². The van der Waals surface area contributed by atoms with Crippen molar-refractivity contribution in [2.24, 2.45) is 5.73 Å². The standard InChI is InChI=1S/C11H14N2O4/c12-10-8(4-3-7-2-1-5-17-7)13(11(10)16)6-9(14)15/h1-2,5,8,10H,3-4,6,12H2,(H,14,15)/t8-,10+/m1/s1. The third-order valence-electron chi connectivity index (χ3n) is 2.96. The number of carboxylic acid groups (broad SMARTS) is 1. The van der Waals surface area contributed by atoms with Crippen molar-refractivity contribution >= 4 is 11.9 Å². The number of β-lactam (4-membered cyclic amide) rings is 1. The van der Waals surface area contributed by atoms with Gasteiger partial charge in [0.1, 0.15) is 18.3 Å². The number of carbonyl (C=O) groups excluding carboxylic acids is 1. The molecule has 0 bridgehead atoms. The Morgan fingerprint density at radius 3 is 2.94 bits per heavy atom. The summed E-state index contributed by atoms with van der Waals surface area (Å²) in [5.74, 6) is -0.503. The van der Waals surface area contributed by atoms with E-state index in [1.54, 1.807) is 12.3 Å². The Kier molecular flexibility index (Phi) is 3.14. The zero-order valence-electron chi connectivity index (χ0n) is 9.20. The third-order valence-corrected chi connectivity index (χ3v) is 2.96. The zero-order chi connectivity index (χ0) is 12.4. The number of nitrogens with zero attached hydrogens (tertiary/aromatic N) is 1. The summed E-state index contributed by atoms with van der Waals surface area (Å²) in [6.45, 7) is -0.282. The average Bonchev–Trinajstić information content (AvgIpc) is 2.80. The van der Waals surface area contributed by atoms with Crippen LogP contribution in [0.3, 0.4) is 0 Å². The molecule has 0 radical (unpaired) electrons. The van der Waals surface area contributed by atoms with Crippen molar-refractivity contribution < 1.29 is 19.1 Å². The maximum Gasteiger partial charge on any atom is 0.323 e. The molecular weight excluding hydrogens is 224 g/mol. The number of hydrogen-bond donors (Lipinski definition) is 2. The minimum absolute atomic E-state index is 0.205. The molecule has 0 spiro atoms. The predicted molar refractivity (Wildman–Crippen MR) is 58.1 cm³/mol.